The minimum atomic E-state index is -0.816. The third-order valence-corrected chi connectivity index (χ3v) is 3.31. The van der Waals surface area contributed by atoms with Crippen LogP contribution in [0.4, 0.5) is 4.79 Å². The zero-order valence-corrected chi connectivity index (χ0v) is 13.1. The van der Waals surface area contributed by atoms with Gasteiger partial charge in [-0.25, -0.2) is 4.79 Å². The van der Waals surface area contributed by atoms with E-state index in [-0.39, 0.29) is 30.9 Å². The van der Waals surface area contributed by atoms with Crippen molar-refractivity contribution in [1.82, 2.24) is 9.80 Å². The Balaban J connectivity index is 2.49. The van der Waals surface area contributed by atoms with Gasteiger partial charge in [0.15, 0.2) is 0 Å². The molecule has 0 unspecified atom stereocenters. The molecule has 0 spiro atoms. The number of carbonyl (C=O) groups is 3. The van der Waals surface area contributed by atoms with Crippen LogP contribution in [0.2, 0.25) is 0 Å². The molecule has 0 bridgehead atoms. The van der Waals surface area contributed by atoms with Gasteiger partial charge in [0.1, 0.15) is 11.1 Å². The van der Waals surface area contributed by atoms with E-state index in [1.807, 2.05) is 0 Å². The Bertz CT molecular complexity index is 423. The fraction of sp³-hybridized carbons (Fsp3) is 0.786. The molecule has 1 fully saturated rings. The van der Waals surface area contributed by atoms with Crippen LogP contribution in [0.1, 0.15) is 47.5 Å². The van der Waals surface area contributed by atoms with Gasteiger partial charge in [0.2, 0.25) is 0 Å². The van der Waals surface area contributed by atoms with Gasteiger partial charge in [0, 0.05) is 20.0 Å². The molecule has 1 aliphatic rings. The van der Waals surface area contributed by atoms with E-state index in [4.69, 9.17) is 4.74 Å². The summed E-state index contributed by atoms with van der Waals surface area (Å²) in [5.74, 6) is -0.543. The lowest BCUT2D eigenvalue weighted by Gasteiger charge is -2.22. The van der Waals surface area contributed by atoms with Crippen molar-refractivity contribution in [3.63, 3.8) is 0 Å². The first kappa shape index (κ1) is 16.5. The Labute approximate surface area is 120 Å². The van der Waals surface area contributed by atoms with Gasteiger partial charge in [-0.05, 0) is 41.0 Å². The van der Waals surface area contributed by atoms with E-state index in [1.54, 1.807) is 41.7 Å². The summed E-state index contributed by atoms with van der Waals surface area (Å²) in [6.45, 7) is 9.06. The molecule has 20 heavy (non-hydrogen) atoms. The first-order valence-corrected chi connectivity index (χ1v) is 6.78. The monoisotopic (exact) mass is 284 g/mol. The maximum absolute atomic E-state index is 12.1. The predicted molar refractivity (Wildman–Crippen MR) is 74.0 cm³/mol. The number of likely N-dealkylation sites (N-methyl/N-ethyl adjacent to an activating group) is 1. The SMILES string of the molecule is CN1C(=O)N(CCCC(=O)OC(C)(C)C)C(=O)C1(C)C. The Morgan fingerprint density at radius 1 is 1.25 bits per heavy atom. The van der Waals surface area contributed by atoms with Gasteiger partial charge in [0.25, 0.3) is 5.91 Å². The highest BCUT2D eigenvalue weighted by Gasteiger charge is 2.48. The summed E-state index contributed by atoms with van der Waals surface area (Å²) in [5, 5.41) is 0. The summed E-state index contributed by atoms with van der Waals surface area (Å²) in [5.41, 5.74) is -1.33. The van der Waals surface area contributed by atoms with Crippen LogP contribution in [-0.4, -0.2) is 52.4 Å². The molecule has 0 saturated carbocycles. The fourth-order valence-corrected chi connectivity index (χ4v) is 1.95. The summed E-state index contributed by atoms with van der Waals surface area (Å²) in [4.78, 5) is 38.2. The van der Waals surface area contributed by atoms with E-state index in [2.05, 4.69) is 0 Å². The topological polar surface area (TPSA) is 66.9 Å². The van der Waals surface area contributed by atoms with E-state index in [9.17, 15) is 14.4 Å². The van der Waals surface area contributed by atoms with Gasteiger partial charge in [0.05, 0.1) is 0 Å². The van der Waals surface area contributed by atoms with Crippen LogP contribution in [0, 0.1) is 0 Å². The number of urea groups is 1. The molecule has 0 N–H and O–H groups in total. The smallest absolute Gasteiger partial charge is 0.327 e. The number of rotatable bonds is 4. The highest BCUT2D eigenvalue weighted by atomic mass is 16.6. The number of ether oxygens (including phenoxy) is 1. The molecule has 3 amide bonds. The Morgan fingerprint density at radius 2 is 1.80 bits per heavy atom. The van der Waals surface area contributed by atoms with Gasteiger partial charge < -0.3 is 9.64 Å². The van der Waals surface area contributed by atoms with E-state index in [0.29, 0.717) is 6.42 Å². The summed E-state index contributed by atoms with van der Waals surface area (Å²) in [6.07, 6.45) is 0.606. The predicted octanol–water partition coefficient (Wildman–Crippen LogP) is 1.78. The molecule has 0 aliphatic carbocycles. The molecule has 1 saturated heterocycles. The molecular weight excluding hydrogens is 260 g/mol. The molecule has 1 rings (SSSR count). The van der Waals surface area contributed by atoms with Crippen molar-refractivity contribution in [2.75, 3.05) is 13.6 Å². The molecule has 6 heteroatoms. The van der Waals surface area contributed by atoms with Crippen LogP contribution >= 0.6 is 0 Å². The van der Waals surface area contributed by atoms with E-state index < -0.39 is 11.1 Å². The Hall–Kier alpha value is -1.59. The van der Waals surface area contributed by atoms with Gasteiger partial charge >= 0.3 is 12.0 Å². The minimum absolute atomic E-state index is 0.193. The average molecular weight is 284 g/mol. The number of imide groups is 1. The van der Waals surface area contributed by atoms with Gasteiger partial charge in [-0.15, -0.1) is 0 Å². The Morgan fingerprint density at radius 3 is 2.20 bits per heavy atom. The Kier molecular flexibility index (Phi) is 4.46. The van der Waals surface area contributed by atoms with Crippen LogP contribution in [0.25, 0.3) is 0 Å². The number of nitrogens with zero attached hydrogens (tertiary/aromatic N) is 2. The van der Waals surface area contributed by atoms with Crippen molar-refractivity contribution < 1.29 is 19.1 Å². The molecular formula is C14H24N2O4. The van der Waals surface area contributed by atoms with Crippen molar-refractivity contribution in [2.24, 2.45) is 0 Å². The standard InChI is InChI=1S/C14H24N2O4/c1-13(2,3)20-10(17)8-7-9-16-11(18)14(4,5)15(6)12(16)19/h7-9H2,1-6H3. The quantitative estimate of drug-likeness (QED) is 0.583. The van der Waals surface area contributed by atoms with Gasteiger partial charge in [-0.2, -0.15) is 0 Å². The second kappa shape index (κ2) is 5.42. The molecule has 6 nitrogen and oxygen atoms in total. The number of hydrogen-bond acceptors (Lipinski definition) is 4. The van der Waals surface area contributed by atoms with Crippen molar-refractivity contribution in [2.45, 2.75) is 58.6 Å². The second-order valence-electron chi connectivity index (χ2n) is 6.55. The van der Waals surface area contributed by atoms with Crippen molar-refractivity contribution in [3.8, 4) is 0 Å². The maximum atomic E-state index is 12.1. The third kappa shape index (κ3) is 3.49. The lowest BCUT2D eigenvalue weighted by molar-refractivity contribution is -0.155. The summed E-state index contributed by atoms with van der Waals surface area (Å²) in [7, 11) is 1.61. The summed E-state index contributed by atoms with van der Waals surface area (Å²) < 4.78 is 5.18. The zero-order chi connectivity index (χ0) is 15.7. The molecule has 0 aromatic carbocycles. The molecule has 0 aromatic rings. The molecule has 0 radical (unpaired) electrons. The molecule has 1 heterocycles. The van der Waals surface area contributed by atoms with Crippen LogP contribution in [0.3, 0.4) is 0 Å². The number of carbonyl (C=O) groups excluding carboxylic acids is 3. The van der Waals surface area contributed by atoms with Crippen molar-refractivity contribution in [1.29, 1.82) is 0 Å². The van der Waals surface area contributed by atoms with Crippen LogP contribution in [0.15, 0.2) is 0 Å². The number of hydrogen-bond donors (Lipinski definition) is 0. The lowest BCUT2D eigenvalue weighted by Crippen LogP contribution is -2.41. The summed E-state index contributed by atoms with van der Waals surface area (Å²) in [6, 6.07) is -0.316. The lowest BCUT2D eigenvalue weighted by atomic mass is 10.1. The van der Waals surface area contributed by atoms with E-state index in [1.165, 1.54) is 9.80 Å². The number of amides is 3. The molecule has 1 aliphatic heterocycles. The highest BCUT2D eigenvalue weighted by molar-refractivity contribution is 6.06. The van der Waals surface area contributed by atoms with Crippen LogP contribution < -0.4 is 0 Å². The maximum Gasteiger partial charge on any atom is 0.327 e. The van der Waals surface area contributed by atoms with Gasteiger partial charge in [-0.3, -0.25) is 14.5 Å². The number of esters is 1. The van der Waals surface area contributed by atoms with Gasteiger partial charge in [-0.1, -0.05) is 0 Å². The first-order chi connectivity index (χ1) is 8.97. The first-order valence-electron chi connectivity index (χ1n) is 6.78. The molecule has 0 atom stereocenters. The summed E-state index contributed by atoms with van der Waals surface area (Å²) >= 11 is 0. The van der Waals surface area contributed by atoms with Crippen LogP contribution in [-0.2, 0) is 14.3 Å². The largest absolute Gasteiger partial charge is 0.460 e. The molecule has 0 aromatic heterocycles. The van der Waals surface area contributed by atoms with Crippen molar-refractivity contribution in [3.05, 3.63) is 0 Å². The normalized spacial score (nSPS) is 18.7. The zero-order valence-electron chi connectivity index (χ0n) is 13.1. The van der Waals surface area contributed by atoms with E-state index >= 15 is 0 Å². The highest BCUT2D eigenvalue weighted by Crippen LogP contribution is 2.25. The minimum Gasteiger partial charge on any atom is -0.460 e. The fourth-order valence-electron chi connectivity index (χ4n) is 1.95. The van der Waals surface area contributed by atoms with Crippen LogP contribution in [0.5, 0.6) is 0 Å². The average Bonchev–Trinajstić information content (AvgIpc) is 2.41. The third-order valence-electron chi connectivity index (χ3n) is 3.31. The van der Waals surface area contributed by atoms with Crippen molar-refractivity contribution >= 4 is 17.9 Å². The molecule has 114 valence electrons. The second-order valence-corrected chi connectivity index (χ2v) is 6.55. The van der Waals surface area contributed by atoms with E-state index in [0.717, 1.165) is 0 Å².